The molecular weight excluding hydrogens is 226 g/mol. The first-order valence-electron chi connectivity index (χ1n) is 5.29. The summed E-state index contributed by atoms with van der Waals surface area (Å²) >= 11 is 1.73. The smallest absolute Gasteiger partial charge is 0.0314 e. The Bertz CT molecular complexity index is 544. The molecule has 2 aromatic carbocycles. The highest BCUT2D eigenvalue weighted by Gasteiger charge is 1.90. The fourth-order valence-electron chi connectivity index (χ4n) is 1.39. The summed E-state index contributed by atoms with van der Waals surface area (Å²) in [4.78, 5) is 1.25. The van der Waals surface area contributed by atoms with E-state index in [4.69, 9.17) is 5.73 Å². The van der Waals surface area contributed by atoms with E-state index in [9.17, 15) is 0 Å². The molecule has 2 aromatic rings. The molecule has 0 bridgehead atoms. The van der Waals surface area contributed by atoms with Crippen LogP contribution in [0.5, 0.6) is 0 Å². The number of anilines is 1. The van der Waals surface area contributed by atoms with Gasteiger partial charge in [-0.2, -0.15) is 0 Å². The molecule has 0 unspecified atom stereocenters. The molecule has 2 N–H and O–H groups in total. The average Bonchev–Trinajstić information content (AvgIpc) is 2.39. The van der Waals surface area contributed by atoms with Gasteiger partial charge in [0, 0.05) is 21.7 Å². The molecule has 0 amide bonds. The second-order valence-electron chi connectivity index (χ2n) is 3.60. The number of hydrogen-bond acceptors (Lipinski definition) is 2. The van der Waals surface area contributed by atoms with E-state index in [1.807, 2.05) is 36.4 Å². The summed E-state index contributed by atoms with van der Waals surface area (Å²) in [6, 6.07) is 15.8. The van der Waals surface area contributed by atoms with E-state index < -0.39 is 0 Å². The monoisotopic (exact) mass is 239 g/mol. The Morgan fingerprint density at radius 3 is 1.76 bits per heavy atom. The van der Waals surface area contributed by atoms with Crippen molar-refractivity contribution < 1.29 is 0 Å². The molecule has 0 heterocycles. The second-order valence-corrected chi connectivity index (χ2v) is 4.48. The van der Waals surface area contributed by atoms with Crippen LogP contribution in [-0.2, 0) is 0 Å². The Hall–Kier alpha value is -1.85. The third-order valence-electron chi connectivity index (χ3n) is 2.35. The predicted octanol–water partition coefficient (Wildman–Crippen LogP) is 3.39. The molecule has 1 nitrogen and oxygen atoms in total. The van der Waals surface area contributed by atoms with Crippen molar-refractivity contribution in [3.63, 3.8) is 0 Å². The zero-order chi connectivity index (χ0) is 12.1. The van der Waals surface area contributed by atoms with E-state index in [-0.39, 0.29) is 0 Å². The summed E-state index contributed by atoms with van der Waals surface area (Å²) in [6.45, 7) is 0. The predicted molar refractivity (Wildman–Crippen MR) is 75.1 cm³/mol. The Morgan fingerprint density at radius 1 is 0.824 bits per heavy atom. The Labute approximate surface area is 106 Å². The second kappa shape index (κ2) is 5.47. The highest BCUT2D eigenvalue weighted by Crippen LogP contribution is 2.14. The maximum Gasteiger partial charge on any atom is 0.0314 e. The lowest BCUT2D eigenvalue weighted by Crippen LogP contribution is -1.83. The lowest BCUT2D eigenvalue weighted by Gasteiger charge is -1.95. The van der Waals surface area contributed by atoms with Crippen molar-refractivity contribution in [2.75, 3.05) is 12.0 Å². The van der Waals surface area contributed by atoms with E-state index in [0.717, 1.165) is 16.8 Å². The van der Waals surface area contributed by atoms with Crippen LogP contribution in [0.4, 0.5) is 5.69 Å². The molecule has 17 heavy (non-hydrogen) atoms. The molecule has 0 radical (unpaired) electrons. The summed E-state index contributed by atoms with van der Waals surface area (Å²) in [6.07, 6.45) is 2.06. The third-order valence-corrected chi connectivity index (χ3v) is 3.10. The van der Waals surface area contributed by atoms with Gasteiger partial charge in [0.15, 0.2) is 0 Å². The first-order valence-corrected chi connectivity index (χ1v) is 6.52. The SMILES string of the molecule is CSc1ccc(C#Cc2ccc(N)cc2)cc1. The summed E-state index contributed by atoms with van der Waals surface area (Å²) in [5.41, 5.74) is 8.39. The van der Waals surface area contributed by atoms with Crippen LogP contribution < -0.4 is 5.73 Å². The third kappa shape index (κ3) is 3.30. The van der Waals surface area contributed by atoms with Crippen LogP contribution in [0.15, 0.2) is 53.4 Å². The van der Waals surface area contributed by atoms with E-state index in [0.29, 0.717) is 0 Å². The van der Waals surface area contributed by atoms with Crippen LogP contribution in [0.25, 0.3) is 0 Å². The molecule has 0 spiro atoms. The average molecular weight is 239 g/mol. The summed E-state index contributed by atoms with van der Waals surface area (Å²) in [5, 5.41) is 0. The summed E-state index contributed by atoms with van der Waals surface area (Å²) < 4.78 is 0. The van der Waals surface area contributed by atoms with Gasteiger partial charge in [-0.05, 0) is 54.8 Å². The van der Waals surface area contributed by atoms with E-state index in [1.54, 1.807) is 11.8 Å². The van der Waals surface area contributed by atoms with Crippen molar-refractivity contribution >= 4 is 17.4 Å². The number of benzene rings is 2. The Morgan fingerprint density at radius 2 is 1.29 bits per heavy atom. The van der Waals surface area contributed by atoms with Gasteiger partial charge >= 0.3 is 0 Å². The largest absolute Gasteiger partial charge is 0.399 e. The van der Waals surface area contributed by atoms with Crippen molar-refractivity contribution in [2.45, 2.75) is 4.90 Å². The minimum absolute atomic E-state index is 0.764. The number of hydrogen-bond donors (Lipinski definition) is 1. The molecule has 0 aliphatic rings. The van der Waals surface area contributed by atoms with Gasteiger partial charge in [0.25, 0.3) is 0 Å². The molecule has 84 valence electrons. The number of nitrogen functional groups attached to an aromatic ring is 1. The van der Waals surface area contributed by atoms with Gasteiger partial charge in [-0.25, -0.2) is 0 Å². The summed E-state index contributed by atoms with van der Waals surface area (Å²) in [7, 11) is 0. The first-order chi connectivity index (χ1) is 8.28. The van der Waals surface area contributed by atoms with Gasteiger partial charge in [0.2, 0.25) is 0 Å². The van der Waals surface area contributed by atoms with E-state index >= 15 is 0 Å². The lowest BCUT2D eigenvalue weighted by molar-refractivity contribution is 1.45. The quantitative estimate of drug-likeness (QED) is 0.469. The van der Waals surface area contributed by atoms with Crippen LogP contribution in [0.1, 0.15) is 11.1 Å². The number of nitrogens with two attached hydrogens (primary N) is 1. The Kier molecular flexibility index (Phi) is 3.74. The van der Waals surface area contributed by atoms with Crippen molar-refractivity contribution in [3.05, 3.63) is 59.7 Å². The fraction of sp³-hybridized carbons (Fsp3) is 0.0667. The van der Waals surface area contributed by atoms with Gasteiger partial charge in [-0.15, -0.1) is 11.8 Å². The van der Waals surface area contributed by atoms with Crippen molar-refractivity contribution in [1.82, 2.24) is 0 Å². The molecule has 0 saturated heterocycles. The number of rotatable bonds is 1. The van der Waals surface area contributed by atoms with Crippen molar-refractivity contribution in [2.24, 2.45) is 0 Å². The van der Waals surface area contributed by atoms with Crippen LogP contribution >= 0.6 is 11.8 Å². The molecule has 0 aliphatic carbocycles. The molecule has 0 fully saturated rings. The fourth-order valence-corrected chi connectivity index (χ4v) is 1.79. The molecule has 2 rings (SSSR count). The molecule has 0 atom stereocenters. The van der Waals surface area contributed by atoms with E-state index in [2.05, 4.69) is 30.2 Å². The maximum absolute atomic E-state index is 5.62. The minimum atomic E-state index is 0.764. The van der Waals surface area contributed by atoms with Crippen LogP contribution in [-0.4, -0.2) is 6.26 Å². The van der Waals surface area contributed by atoms with Crippen molar-refractivity contribution in [1.29, 1.82) is 0 Å². The van der Waals surface area contributed by atoms with Gasteiger partial charge in [-0.1, -0.05) is 11.8 Å². The molecule has 0 aromatic heterocycles. The maximum atomic E-state index is 5.62. The van der Waals surface area contributed by atoms with Crippen molar-refractivity contribution in [3.8, 4) is 11.8 Å². The topological polar surface area (TPSA) is 26.0 Å². The van der Waals surface area contributed by atoms with Gasteiger partial charge in [0.05, 0.1) is 0 Å². The van der Waals surface area contributed by atoms with Gasteiger partial charge < -0.3 is 5.73 Å². The first kappa shape index (κ1) is 11.6. The highest BCUT2D eigenvalue weighted by molar-refractivity contribution is 7.98. The lowest BCUT2D eigenvalue weighted by atomic mass is 10.2. The molecular formula is C15H13NS. The number of thioether (sulfide) groups is 1. The minimum Gasteiger partial charge on any atom is -0.399 e. The standard InChI is InChI=1S/C15H13NS/c1-17-15-10-6-13(7-11-15)3-2-12-4-8-14(16)9-5-12/h4-11H,16H2,1H3. The molecule has 0 aliphatic heterocycles. The van der Waals surface area contributed by atoms with Gasteiger partial charge in [0.1, 0.15) is 0 Å². The van der Waals surface area contributed by atoms with E-state index in [1.165, 1.54) is 4.90 Å². The molecule has 2 heteroatoms. The van der Waals surface area contributed by atoms with Crippen LogP contribution in [0, 0.1) is 11.8 Å². The van der Waals surface area contributed by atoms with Gasteiger partial charge in [-0.3, -0.25) is 0 Å². The summed E-state index contributed by atoms with van der Waals surface area (Å²) in [5.74, 6) is 6.24. The van der Waals surface area contributed by atoms with Crippen LogP contribution in [0.3, 0.4) is 0 Å². The molecule has 0 saturated carbocycles. The zero-order valence-corrected chi connectivity index (χ0v) is 10.4. The normalized spacial score (nSPS) is 9.47. The Balaban J connectivity index is 2.17. The highest BCUT2D eigenvalue weighted by atomic mass is 32.2. The van der Waals surface area contributed by atoms with Crippen LogP contribution in [0.2, 0.25) is 0 Å². The zero-order valence-electron chi connectivity index (χ0n) is 9.60.